The Morgan fingerprint density at radius 1 is 1.06 bits per heavy atom. The molecule has 0 radical (unpaired) electrons. The quantitative estimate of drug-likeness (QED) is 0.343. The van der Waals surface area contributed by atoms with E-state index in [1.165, 1.54) is 0 Å². The molecular weight excluding hydrogens is 456 g/mol. The van der Waals surface area contributed by atoms with Gasteiger partial charge in [-0.15, -0.1) is 11.3 Å². The van der Waals surface area contributed by atoms with E-state index in [1.54, 1.807) is 11.3 Å². The van der Waals surface area contributed by atoms with E-state index >= 15 is 0 Å². The second kappa shape index (κ2) is 11.1. The molecule has 5 nitrogen and oxygen atoms in total. The maximum absolute atomic E-state index is 14.5. The topological polar surface area (TPSA) is 49.9 Å². The van der Waals surface area contributed by atoms with Gasteiger partial charge in [-0.1, -0.05) is 45.0 Å². The Labute approximate surface area is 212 Å². The van der Waals surface area contributed by atoms with Crippen molar-refractivity contribution < 1.29 is 14.3 Å². The molecule has 2 aromatic carbocycles. The Morgan fingerprint density at radius 2 is 1.80 bits per heavy atom. The molecular formula is C29H34N2O3S. The SMILES string of the molecule is CCCN(C(=O)[C@H]1c2ccccc2C(=O)N(CC(C)C)[C@@H]1c1cccs1)c1ccc(OCC)cc1. The molecule has 4 rings (SSSR count). The fourth-order valence-electron chi connectivity index (χ4n) is 4.88. The Morgan fingerprint density at radius 3 is 2.43 bits per heavy atom. The number of fused-ring (bicyclic) bond motifs is 1. The molecule has 1 aliphatic rings. The highest BCUT2D eigenvalue weighted by Gasteiger charge is 2.46. The predicted molar refractivity (Wildman–Crippen MR) is 142 cm³/mol. The van der Waals surface area contributed by atoms with Crippen LogP contribution in [-0.4, -0.2) is 36.4 Å². The van der Waals surface area contributed by atoms with Crippen molar-refractivity contribution in [2.24, 2.45) is 5.92 Å². The van der Waals surface area contributed by atoms with Gasteiger partial charge in [-0.2, -0.15) is 0 Å². The van der Waals surface area contributed by atoms with Crippen LogP contribution in [0, 0.1) is 5.92 Å². The first-order chi connectivity index (χ1) is 17.0. The van der Waals surface area contributed by atoms with E-state index < -0.39 is 5.92 Å². The van der Waals surface area contributed by atoms with Crippen molar-refractivity contribution in [2.45, 2.75) is 46.1 Å². The summed E-state index contributed by atoms with van der Waals surface area (Å²) in [5.74, 6) is 0.594. The zero-order valence-electron chi connectivity index (χ0n) is 20.9. The molecule has 3 aromatic rings. The molecule has 0 bridgehead atoms. The predicted octanol–water partition coefficient (Wildman–Crippen LogP) is 6.53. The third-order valence-electron chi connectivity index (χ3n) is 6.27. The van der Waals surface area contributed by atoms with Crippen molar-refractivity contribution in [1.82, 2.24) is 4.90 Å². The molecule has 0 fully saturated rings. The van der Waals surface area contributed by atoms with Crippen LogP contribution in [0.1, 0.15) is 66.9 Å². The normalized spacial score (nSPS) is 17.4. The highest BCUT2D eigenvalue weighted by molar-refractivity contribution is 7.10. The van der Waals surface area contributed by atoms with Crippen molar-refractivity contribution in [3.8, 4) is 5.75 Å². The van der Waals surface area contributed by atoms with E-state index in [9.17, 15) is 9.59 Å². The largest absolute Gasteiger partial charge is 0.494 e. The minimum absolute atomic E-state index is 0.000131. The van der Waals surface area contributed by atoms with Gasteiger partial charge >= 0.3 is 0 Å². The number of carbonyl (C=O) groups excluding carboxylic acids is 2. The first-order valence-corrected chi connectivity index (χ1v) is 13.3. The third-order valence-corrected chi connectivity index (χ3v) is 7.22. The lowest BCUT2D eigenvalue weighted by Crippen LogP contribution is -2.49. The maximum Gasteiger partial charge on any atom is 0.254 e. The smallest absolute Gasteiger partial charge is 0.254 e. The summed E-state index contributed by atoms with van der Waals surface area (Å²) in [6.07, 6.45) is 0.825. The number of carbonyl (C=O) groups is 2. The highest BCUT2D eigenvalue weighted by atomic mass is 32.1. The van der Waals surface area contributed by atoms with Crippen LogP contribution in [0.4, 0.5) is 5.69 Å². The van der Waals surface area contributed by atoms with Crippen LogP contribution in [0.2, 0.25) is 0 Å². The Bertz CT molecular complexity index is 1140. The van der Waals surface area contributed by atoms with E-state index in [2.05, 4.69) is 20.8 Å². The molecule has 6 heteroatoms. The number of thiophene rings is 1. The molecule has 1 aromatic heterocycles. The van der Waals surface area contributed by atoms with Gasteiger partial charge in [-0.3, -0.25) is 9.59 Å². The minimum Gasteiger partial charge on any atom is -0.494 e. The summed E-state index contributed by atoms with van der Waals surface area (Å²) >= 11 is 1.61. The van der Waals surface area contributed by atoms with Gasteiger partial charge in [0, 0.05) is 29.2 Å². The second-order valence-corrected chi connectivity index (χ2v) is 10.3. The molecule has 1 aliphatic heterocycles. The van der Waals surface area contributed by atoms with Crippen LogP contribution in [0.5, 0.6) is 5.75 Å². The standard InChI is InChI=1S/C29H34N2O3S/c1-5-17-30(21-13-15-22(16-14-21)34-6-2)29(33)26-23-10-7-8-11-24(23)28(32)31(19-20(3)4)27(26)25-12-9-18-35-25/h7-16,18,20,26-27H,5-6,17,19H2,1-4H3/t26-,27+/m0/s1. The number of ether oxygens (including phenoxy) is 1. The van der Waals surface area contributed by atoms with Crippen molar-refractivity contribution in [3.05, 3.63) is 82.0 Å². The summed E-state index contributed by atoms with van der Waals surface area (Å²) in [6.45, 7) is 10.0. The molecule has 0 aliphatic carbocycles. The Kier molecular flexibility index (Phi) is 7.91. The maximum atomic E-state index is 14.5. The van der Waals surface area contributed by atoms with Crippen molar-refractivity contribution in [1.29, 1.82) is 0 Å². The number of hydrogen-bond donors (Lipinski definition) is 0. The number of benzene rings is 2. The van der Waals surface area contributed by atoms with E-state index in [1.807, 2.05) is 82.8 Å². The van der Waals surface area contributed by atoms with E-state index in [-0.39, 0.29) is 23.8 Å². The lowest BCUT2D eigenvalue weighted by atomic mass is 9.80. The first-order valence-electron chi connectivity index (χ1n) is 12.4. The van der Waals surface area contributed by atoms with Crippen LogP contribution in [0.15, 0.2) is 66.0 Å². The monoisotopic (exact) mass is 490 g/mol. The van der Waals surface area contributed by atoms with E-state index in [0.29, 0.717) is 25.3 Å². The lowest BCUT2D eigenvalue weighted by Gasteiger charge is -2.43. The average Bonchev–Trinajstić information content (AvgIpc) is 3.39. The fraction of sp³-hybridized carbons (Fsp3) is 0.379. The molecule has 0 saturated heterocycles. The van der Waals surface area contributed by atoms with Gasteiger partial charge in [-0.05, 0) is 66.6 Å². The fourth-order valence-corrected chi connectivity index (χ4v) is 5.75. The van der Waals surface area contributed by atoms with E-state index in [0.717, 1.165) is 28.3 Å². The molecule has 0 spiro atoms. The Balaban J connectivity index is 1.83. The van der Waals surface area contributed by atoms with Gasteiger partial charge in [0.1, 0.15) is 5.75 Å². The minimum atomic E-state index is -0.487. The van der Waals surface area contributed by atoms with Crippen molar-refractivity contribution in [2.75, 3.05) is 24.6 Å². The van der Waals surface area contributed by atoms with Crippen molar-refractivity contribution >= 4 is 28.8 Å². The summed E-state index contributed by atoms with van der Waals surface area (Å²) in [6, 6.07) is 19.0. The van der Waals surface area contributed by atoms with Gasteiger partial charge in [0.2, 0.25) is 5.91 Å². The van der Waals surface area contributed by atoms with Crippen LogP contribution in [0.3, 0.4) is 0 Å². The van der Waals surface area contributed by atoms with Crippen LogP contribution >= 0.6 is 11.3 Å². The first kappa shape index (κ1) is 25.0. The van der Waals surface area contributed by atoms with Gasteiger partial charge in [0.15, 0.2) is 0 Å². The van der Waals surface area contributed by atoms with Gasteiger partial charge in [0.25, 0.3) is 5.91 Å². The number of nitrogens with zero attached hydrogens (tertiary/aromatic N) is 2. The second-order valence-electron chi connectivity index (χ2n) is 9.29. The highest BCUT2D eigenvalue weighted by Crippen LogP contribution is 2.45. The molecule has 0 unspecified atom stereocenters. The molecule has 2 heterocycles. The number of anilines is 1. The molecule has 0 N–H and O–H groups in total. The van der Waals surface area contributed by atoms with E-state index in [4.69, 9.17) is 4.74 Å². The molecule has 35 heavy (non-hydrogen) atoms. The van der Waals surface area contributed by atoms with Crippen LogP contribution in [0.25, 0.3) is 0 Å². The lowest BCUT2D eigenvalue weighted by molar-refractivity contribution is -0.121. The summed E-state index contributed by atoms with van der Waals surface area (Å²) in [5.41, 5.74) is 2.28. The number of amides is 2. The average molecular weight is 491 g/mol. The van der Waals surface area contributed by atoms with Gasteiger partial charge < -0.3 is 14.5 Å². The molecule has 2 amide bonds. The third kappa shape index (κ3) is 5.13. The number of rotatable bonds is 9. The zero-order valence-corrected chi connectivity index (χ0v) is 21.8. The zero-order chi connectivity index (χ0) is 24.9. The number of hydrogen-bond acceptors (Lipinski definition) is 4. The molecule has 184 valence electrons. The molecule has 2 atom stereocenters. The van der Waals surface area contributed by atoms with Gasteiger partial charge in [-0.25, -0.2) is 0 Å². The summed E-state index contributed by atoms with van der Waals surface area (Å²) in [5, 5.41) is 2.02. The van der Waals surface area contributed by atoms with Gasteiger partial charge in [0.05, 0.1) is 18.6 Å². The summed E-state index contributed by atoms with van der Waals surface area (Å²) in [7, 11) is 0. The Hall–Kier alpha value is -3.12. The van der Waals surface area contributed by atoms with Crippen LogP contribution < -0.4 is 9.64 Å². The molecule has 0 saturated carbocycles. The summed E-state index contributed by atoms with van der Waals surface area (Å²) in [4.78, 5) is 33.0. The summed E-state index contributed by atoms with van der Waals surface area (Å²) < 4.78 is 5.61. The van der Waals surface area contributed by atoms with Crippen LogP contribution in [-0.2, 0) is 4.79 Å². The van der Waals surface area contributed by atoms with Crippen molar-refractivity contribution in [3.63, 3.8) is 0 Å².